The topological polar surface area (TPSA) is 64.5 Å². The summed E-state index contributed by atoms with van der Waals surface area (Å²) in [5, 5.41) is 14.2. The van der Waals surface area contributed by atoms with Gasteiger partial charge >= 0.3 is 0 Å². The molecule has 1 saturated heterocycles. The normalized spacial score (nSPS) is 14.6. The largest absolute Gasteiger partial charge is 0.508 e. The molecule has 1 fully saturated rings. The van der Waals surface area contributed by atoms with Gasteiger partial charge in [-0.25, -0.2) is 9.97 Å². The van der Waals surface area contributed by atoms with Crippen LogP contribution in [0.15, 0.2) is 66.9 Å². The van der Waals surface area contributed by atoms with Gasteiger partial charge in [0.25, 0.3) is 0 Å². The van der Waals surface area contributed by atoms with E-state index in [9.17, 15) is 5.11 Å². The Balaban J connectivity index is 1.43. The monoisotopic (exact) mass is 425 g/mol. The van der Waals surface area contributed by atoms with Gasteiger partial charge in [-0.05, 0) is 55.4 Å². The van der Waals surface area contributed by atoms with E-state index < -0.39 is 0 Å². The zero-order valence-electron chi connectivity index (χ0n) is 18.4. The van der Waals surface area contributed by atoms with Crippen molar-refractivity contribution in [1.29, 1.82) is 0 Å². The van der Waals surface area contributed by atoms with Crippen LogP contribution >= 0.6 is 0 Å². The number of para-hydroxylation sites is 1. The quantitative estimate of drug-likeness (QED) is 0.489. The molecule has 6 nitrogen and oxygen atoms in total. The Labute approximate surface area is 188 Å². The van der Waals surface area contributed by atoms with E-state index in [0.717, 1.165) is 53.9 Å². The number of hydrogen-bond donors (Lipinski definition) is 2. The van der Waals surface area contributed by atoms with Crippen LogP contribution in [-0.4, -0.2) is 53.2 Å². The van der Waals surface area contributed by atoms with Crippen LogP contribution in [0.3, 0.4) is 0 Å². The Bertz CT molecular complexity index is 1260. The lowest BCUT2D eigenvalue weighted by Gasteiger charge is -2.35. The molecule has 0 amide bonds. The minimum Gasteiger partial charge on any atom is -0.508 e. The maximum atomic E-state index is 9.90. The number of benzene rings is 3. The van der Waals surface area contributed by atoms with Crippen molar-refractivity contribution in [2.24, 2.45) is 0 Å². The standard InChI is InChI=1S/C26H27N5O/c1-18-15-21(9-10-24(18)31-13-11-30(2)12-14-31)28-26-27-17-20-6-4-8-23(25(20)29-26)19-5-3-7-22(32)16-19/h3-10,15-17,32H,11-14H2,1-2H3,(H,27,28,29). The molecule has 0 unspecified atom stereocenters. The number of phenolic OH excluding ortho intramolecular Hbond substituents is 1. The van der Waals surface area contributed by atoms with Crippen molar-refractivity contribution < 1.29 is 5.11 Å². The fourth-order valence-corrected chi connectivity index (χ4v) is 4.29. The van der Waals surface area contributed by atoms with E-state index in [1.54, 1.807) is 12.1 Å². The highest BCUT2D eigenvalue weighted by Crippen LogP contribution is 2.30. The number of aryl methyl sites for hydroxylation is 1. The van der Waals surface area contributed by atoms with Crippen LogP contribution in [0.4, 0.5) is 17.3 Å². The van der Waals surface area contributed by atoms with E-state index in [1.165, 1.54) is 11.3 Å². The number of aromatic nitrogens is 2. The molecule has 3 aromatic carbocycles. The van der Waals surface area contributed by atoms with Crippen molar-refractivity contribution >= 4 is 28.2 Å². The molecule has 2 N–H and O–H groups in total. The molecule has 0 atom stereocenters. The fraction of sp³-hybridized carbons (Fsp3) is 0.231. The fourth-order valence-electron chi connectivity index (χ4n) is 4.29. The molecule has 0 aliphatic carbocycles. The summed E-state index contributed by atoms with van der Waals surface area (Å²) < 4.78 is 0. The maximum absolute atomic E-state index is 9.90. The number of anilines is 3. The van der Waals surface area contributed by atoms with Crippen molar-refractivity contribution in [3.05, 3.63) is 72.4 Å². The average Bonchev–Trinajstić information content (AvgIpc) is 2.79. The third-order valence-electron chi connectivity index (χ3n) is 6.06. The summed E-state index contributed by atoms with van der Waals surface area (Å²) in [4.78, 5) is 14.1. The molecule has 6 heteroatoms. The van der Waals surface area contributed by atoms with Gasteiger partial charge in [0.05, 0.1) is 5.52 Å². The van der Waals surface area contributed by atoms with E-state index in [0.29, 0.717) is 5.95 Å². The van der Waals surface area contributed by atoms with Gasteiger partial charge in [-0.3, -0.25) is 0 Å². The summed E-state index contributed by atoms with van der Waals surface area (Å²) >= 11 is 0. The predicted molar refractivity (Wildman–Crippen MR) is 131 cm³/mol. The number of fused-ring (bicyclic) bond motifs is 1. The third-order valence-corrected chi connectivity index (χ3v) is 6.06. The number of phenols is 1. The van der Waals surface area contributed by atoms with Gasteiger partial charge < -0.3 is 20.2 Å². The summed E-state index contributed by atoms with van der Waals surface area (Å²) in [6.45, 7) is 6.43. The summed E-state index contributed by atoms with van der Waals surface area (Å²) in [6, 6.07) is 19.7. The molecule has 4 aromatic rings. The summed E-state index contributed by atoms with van der Waals surface area (Å²) in [5.74, 6) is 0.791. The lowest BCUT2D eigenvalue weighted by atomic mass is 10.0. The SMILES string of the molecule is Cc1cc(Nc2ncc3cccc(-c4cccc(O)c4)c3n2)ccc1N1CCN(C)CC1. The first-order valence-corrected chi connectivity index (χ1v) is 10.9. The van der Waals surface area contributed by atoms with Gasteiger partial charge in [0.1, 0.15) is 5.75 Å². The Kier molecular flexibility index (Phi) is 5.37. The number of likely N-dealkylation sites (N-methyl/N-ethyl adjacent to an activating group) is 1. The number of hydrogen-bond acceptors (Lipinski definition) is 6. The number of rotatable bonds is 4. The van der Waals surface area contributed by atoms with E-state index >= 15 is 0 Å². The average molecular weight is 426 g/mol. The zero-order chi connectivity index (χ0) is 22.1. The first-order chi connectivity index (χ1) is 15.6. The van der Waals surface area contributed by atoms with Crippen molar-refractivity contribution in [3.63, 3.8) is 0 Å². The molecule has 5 rings (SSSR count). The van der Waals surface area contributed by atoms with Crippen molar-refractivity contribution in [2.45, 2.75) is 6.92 Å². The molecule has 32 heavy (non-hydrogen) atoms. The van der Waals surface area contributed by atoms with Gasteiger partial charge in [0.2, 0.25) is 5.95 Å². The smallest absolute Gasteiger partial charge is 0.227 e. The van der Waals surface area contributed by atoms with Crippen LogP contribution in [0.1, 0.15) is 5.56 Å². The van der Waals surface area contributed by atoms with Gasteiger partial charge in [0, 0.05) is 54.7 Å². The highest BCUT2D eigenvalue weighted by molar-refractivity contribution is 5.94. The van der Waals surface area contributed by atoms with Crippen LogP contribution in [0.5, 0.6) is 5.75 Å². The first kappa shape index (κ1) is 20.3. The second-order valence-corrected chi connectivity index (χ2v) is 8.40. The number of nitrogens with zero attached hydrogens (tertiary/aromatic N) is 4. The second kappa shape index (κ2) is 8.48. The van der Waals surface area contributed by atoms with Gasteiger partial charge in [-0.15, -0.1) is 0 Å². The summed E-state index contributed by atoms with van der Waals surface area (Å²) in [7, 11) is 2.17. The molecule has 162 valence electrons. The maximum Gasteiger partial charge on any atom is 0.227 e. The summed E-state index contributed by atoms with van der Waals surface area (Å²) in [6.07, 6.45) is 1.84. The van der Waals surface area contributed by atoms with E-state index in [1.807, 2.05) is 36.5 Å². The second-order valence-electron chi connectivity index (χ2n) is 8.40. The molecule has 0 radical (unpaired) electrons. The molecular weight excluding hydrogens is 398 g/mol. The lowest BCUT2D eigenvalue weighted by molar-refractivity contribution is 0.312. The van der Waals surface area contributed by atoms with Crippen molar-refractivity contribution in [2.75, 3.05) is 43.4 Å². The Morgan fingerprint density at radius 1 is 0.938 bits per heavy atom. The van der Waals surface area contributed by atoms with Crippen molar-refractivity contribution in [3.8, 4) is 16.9 Å². The molecule has 1 aliphatic rings. The van der Waals surface area contributed by atoms with Gasteiger partial charge in [-0.2, -0.15) is 0 Å². The van der Waals surface area contributed by atoms with Crippen molar-refractivity contribution in [1.82, 2.24) is 14.9 Å². The predicted octanol–water partition coefficient (Wildman–Crippen LogP) is 4.81. The van der Waals surface area contributed by atoms with E-state index in [-0.39, 0.29) is 5.75 Å². The van der Waals surface area contributed by atoms with E-state index in [4.69, 9.17) is 4.98 Å². The Morgan fingerprint density at radius 3 is 2.53 bits per heavy atom. The highest BCUT2D eigenvalue weighted by atomic mass is 16.3. The van der Waals surface area contributed by atoms with E-state index in [2.05, 4.69) is 52.3 Å². The molecule has 2 heterocycles. The third kappa shape index (κ3) is 4.09. The molecule has 1 aliphatic heterocycles. The van der Waals surface area contributed by atoms with Crippen LogP contribution in [0.25, 0.3) is 22.0 Å². The molecular formula is C26H27N5O. The van der Waals surface area contributed by atoms with Crippen LogP contribution < -0.4 is 10.2 Å². The minimum atomic E-state index is 0.239. The highest BCUT2D eigenvalue weighted by Gasteiger charge is 2.16. The Hall–Kier alpha value is -3.64. The van der Waals surface area contributed by atoms with Crippen LogP contribution in [0.2, 0.25) is 0 Å². The first-order valence-electron chi connectivity index (χ1n) is 10.9. The van der Waals surface area contributed by atoms with Gasteiger partial charge in [0.15, 0.2) is 0 Å². The number of piperazine rings is 1. The number of nitrogens with one attached hydrogen (secondary N) is 1. The molecule has 1 aromatic heterocycles. The zero-order valence-corrected chi connectivity index (χ0v) is 18.4. The minimum absolute atomic E-state index is 0.239. The Morgan fingerprint density at radius 2 is 1.75 bits per heavy atom. The molecule has 0 saturated carbocycles. The summed E-state index contributed by atoms with van der Waals surface area (Å²) in [5.41, 5.74) is 6.23. The van der Waals surface area contributed by atoms with Crippen LogP contribution in [0, 0.1) is 6.92 Å². The molecule has 0 bridgehead atoms. The lowest BCUT2D eigenvalue weighted by Crippen LogP contribution is -2.44. The number of aromatic hydroxyl groups is 1. The van der Waals surface area contributed by atoms with Crippen LogP contribution in [-0.2, 0) is 0 Å². The molecule has 0 spiro atoms. The van der Waals surface area contributed by atoms with Gasteiger partial charge in [-0.1, -0.05) is 30.3 Å².